The Morgan fingerprint density at radius 2 is 1.85 bits per heavy atom. The first-order valence-corrected chi connectivity index (χ1v) is 6.90. The highest BCUT2D eigenvalue weighted by atomic mass is 35.5. The molecule has 1 aromatic heterocycles. The van der Waals surface area contributed by atoms with Gasteiger partial charge in [0.25, 0.3) is 0 Å². The molecule has 20 heavy (non-hydrogen) atoms. The molecule has 1 aromatic carbocycles. The van der Waals surface area contributed by atoms with Crippen LogP contribution in [0, 0.1) is 13.8 Å². The number of methoxy groups -OCH3 is 1. The Morgan fingerprint density at radius 3 is 2.45 bits per heavy atom. The zero-order valence-corrected chi connectivity index (χ0v) is 12.7. The van der Waals surface area contributed by atoms with Gasteiger partial charge in [-0.05, 0) is 61.7 Å². The van der Waals surface area contributed by atoms with Crippen LogP contribution in [0.25, 0.3) is 0 Å². The zero-order valence-electron chi connectivity index (χ0n) is 12.0. The van der Waals surface area contributed by atoms with Crippen LogP contribution in [0.4, 0.5) is 0 Å². The highest BCUT2D eigenvalue weighted by Gasteiger charge is 2.12. The van der Waals surface area contributed by atoms with E-state index in [1.54, 1.807) is 7.11 Å². The summed E-state index contributed by atoms with van der Waals surface area (Å²) >= 11 is 6.05. The van der Waals surface area contributed by atoms with Crippen LogP contribution in [0.15, 0.2) is 30.3 Å². The summed E-state index contributed by atoms with van der Waals surface area (Å²) in [7, 11) is 1.65. The highest BCUT2D eigenvalue weighted by Crippen LogP contribution is 2.27. The zero-order chi connectivity index (χ0) is 14.7. The fraction of sp³-hybridized carbons (Fsp3) is 0.312. The Morgan fingerprint density at radius 1 is 1.20 bits per heavy atom. The number of aromatic nitrogens is 1. The molecule has 0 fully saturated rings. The first kappa shape index (κ1) is 14.8. The van der Waals surface area contributed by atoms with Gasteiger partial charge in [0, 0.05) is 22.5 Å². The summed E-state index contributed by atoms with van der Waals surface area (Å²) in [5, 5.41) is 0.690. The fourth-order valence-corrected chi connectivity index (χ4v) is 2.54. The Kier molecular flexibility index (Phi) is 4.63. The SMILES string of the molecule is COc1ccc(Cl)cc1CC(N)c1cc(C)nc(C)c1. The number of aryl methyl sites for hydroxylation is 2. The van der Waals surface area contributed by atoms with E-state index in [0.717, 1.165) is 28.3 Å². The van der Waals surface area contributed by atoms with E-state index in [4.69, 9.17) is 22.1 Å². The first-order valence-electron chi connectivity index (χ1n) is 6.53. The molecule has 0 spiro atoms. The summed E-state index contributed by atoms with van der Waals surface area (Å²) in [5.74, 6) is 0.812. The lowest BCUT2D eigenvalue weighted by Crippen LogP contribution is -2.14. The number of rotatable bonds is 4. The molecule has 0 aliphatic rings. The summed E-state index contributed by atoms with van der Waals surface area (Å²) in [6.45, 7) is 3.95. The Balaban J connectivity index is 2.27. The van der Waals surface area contributed by atoms with Crippen LogP contribution in [-0.4, -0.2) is 12.1 Å². The van der Waals surface area contributed by atoms with Crippen LogP contribution in [0.2, 0.25) is 5.02 Å². The molecule has 0 bridgehead atoms. The number of ether oxygens (including phenoxy) is 1. The van der Waals surface area contributed by atoms with Crippen molar-refractivity contribution in [1.82, 2.24) is 4.98 Å². The Hall–Kier alpha value is -1.58. The van der Waals surface area contributed by atoms with Crippen LogP contribution >= 0.6 is 11.6 Å². The lowest BCUT2D eigenvalue weighted by molar-refractivity contribution is 0.408. The average Bonchev–Trinajstić information content (AvgIpc) is 2.37. The van der Waals surface area contributed by atoms with Gasteiger partial charge >= 0.3 is 0 Å². The molecule has 0 amide bonds. The van der Waals surface area contributed by atoms with Gasteiger partial charge in [-0.3, -0.25) is 4.98 Å². The van der Waals surface area contributed by atoms with Crippen molar-refractivity contribution >= 4 is 11.6 Å². The number of hydrogen-bond acceptors (Lipinski definition) is 3. The van der Waals surface area contributed by atoms with E-state index in [0.29, 0.717) is 11.4 Å². The lowest BCUT2D eigenvalue weighted by Gasteiger charge is -2.16. The molecule has 0 radical (unpaired) electrons. The monoisotopic (exact) mass is 290 g/mol. The van der Waals surface area contributed by atoms with Crippen molar-refractivity contribution in [3.8, 4) is 5.75 Å². The number of nitrogens with two attached hydrogens (primary N) is 1. The van der Waals surface area contributed by atoms with Gasteiger partial charge in [-0.15, -0.1) is 0 Å². The van der Waals surface area contributed by atoms with Gasteiger partial charge in [0.15, 0.2) is 0 Å². The molecule has 3 nitrogen and oxygen atoms in total. The number of benzene rings is 1. The summed E-state index contributed by atoms with van der Waals surface area (Å²) in [4.78, 5) is 4.37. The largest absolute Gasteiger partial charge is 0.496 e. The van der Waals surface area contributed by atoms with E-state index >= 15 is 0 Å². The number of nitrogens with zero attached hydrogens (tertiary/aromatic N) is 1. The fourth-order valence-electron chi connectivity index (χ4n) is 2.34. The van der Waals surface area contributed by atoms with E-state index in [2.05, 4.69) is 4.98 Å². The standard InChI is InChI=1S/C16H19ClN2O/c1-10-6-12(7-11(2)19-10)15(18)9-13-8-14(17)4-5-16(13)20-3/h4-8,15H,9,18H2,1-3H3. The molecule has 2 N–H and O–H groups in total. The maximum Gasteiger partial charge on any atom is 0.122 e. The molecule has 106 valence electrons. The van der Waals surface area contributed by atoms with Crippen LogP contribution in [0.3, 0.4) is 0 Å². The molecule has 4 heteroatoms. The van der Waals surface area contributed by atoms with Crippen molar-refractivity contribution in [2.45, 2.75) is 26.3 Å². The molecule has 0 saturated heterocycles. The third-order valence-electron chi connectivity index (χ3n) is 3.21. The Labute approximate surface area is 124 Å². The van der Waals surface area contributed by atoms with Gasteiger partial charge in [-0.2, -0.15) is 0 Å². The Bertz CT molecular complexity index is 593. The lowest BCUT2D eigenvalue weighted by atomic mass is 9.98. The minimum absolute atomic E-state index is 0.109. The quantitative estimate of drug-likeness (QED) is 0.936. The van der Waals surface area contributed by atoms with Gasteiger partial charge < -0.3 is 10.5 Å². The number of halogens is 1. The van der Waals surface area contributed by atoms with E-state index in [9.17, 15) is 0 Å². The van der Waals surface area contributed by atoms with Gasteiger partial charge in [-0.25, -0.2) is 0 Å². The third kappa shape index (κ3) is 3.50. The van der Waals surface area contributed by atoms with Crippen LogP contribution in [0.1, 0.15) is 28.6 Å². The predicted molar refractivity (Wildman–Crippen MR) is 82.3 cm³/mol. The van der Waals surface area contributed by atoms with Crippen LogP contribution < -0.4 is 10.5 Å². The van der Waals surface area contributed by atoms with Crippen molar-refractivity contribution in [2.75, 3.05) is 7.11 Å². The molecular weight excluding hydrogens is 272 g/mol. The summed E-state index contributed by atoms with van der Waals surface area (Å²) in [6, 6.07) is 9.52. The van der Waals surface area contributed by atoms with Crippen molar-refractivity contribution in [2.24, 2.45) is 5.73 Å². The molecule has 1 atom stereocenters. The molecule has 0 saturated carbocycles. The second-order valence-corrected chi connectivity index (χ2v) is 5.39. The molecule has 1 unspecified atom stereocenters. The van der Waals surface area contributed by atoms with Crippen molar-refractivity contribution in [3.63, 3.8) is 0 Å². The van der Waals surface area contributed by atoms with Crippen LogP contribution in [0.5, 0.6) is 5.75 Å². The number of pyridine rings is 1. The molecule has 1 heterocycles. The molecular formula is C16H19ClN2O. The van der Waals surface area contributed by atoms with Gasteiger partial charge in [-0.1, -0.05) is 11.6 Å². The topological polar surface area (TPSA) is 48.1 Å². The molecule has 2 aromatic rings. The van der Waals surface area contributed by atoms with Gasteiger partial charge in [0.2, 0.25) is 0 Å². The van der Waals surface area contributed by atoms with Gasteiger partial charge in [0.05, 0.1) is 7.11 Å². The minimum atomic E-state index is -0.109. The van der Waals surface area contributed by atoms with Crippen molar-refractivity contribution in [3.05, 3.63) is 57.9 Å². The van der Waals surface area contributed by atoms with Crippen LogP contribution in [-0.2, 0) is 6.42 Å². The first-order chi connectivity index (χ1) is 9.49. The summed E-state index contributed by atoms with van der Waals surface area (Å²) in [6.07, 6.45) is 0.673. The minimum Gasteiger partial charge on any atom is -0.496 e. The molecule has 2 rings (SSSR count). The maximum atomic E-state index is 6.31. The second-order valence-electron chi connectivity index (χ2n) is 4.95. The second kappa shape index (κ2) is 6.25. The average molecular weight is 291 g/mol. The summed E-state index contributed by atoms with van der Waals surface area (Å²) < 4.78 is 5.36. The predicted octanol–water partition coefficient (Wildman–Crippen LogP) is 3.60. The van der Waals surface area contributed by atoms with E-state index < -0.39 is 0 Å². The molecule has 0 aliphatic heterocycles. The van der Waals surface area contributed by atoms with Crippen molar-refractivity contribution < 1.29 is 4.74 Å². The highest BCUT2D eigenvalue weighted by molar-refractivity contribution is 6.30. The molecule has 0 aliphatic carbocycles. The smallest absolute Gasteiger partial charge is 0.122 e. The van der Waals surface area contributed by atoms with E-state index in [-0.39, 0.29) is 6.04 Å². The van der Waals surface area contributed by atoms with E-state index in [1.165, 1.54) is 0 Å². The van der Waals surface area contributed by atoms with E-state index in [1.807, 2.05) is 44.2 Å². The maximum absolute atomic E-state index is 6.31. The normalized spacial score (nSPS) is 12.2. The van der Waals surface area contributed by atoms with Gasteiger partial charge in [0.1, 0.15) is 5.75 Å². The summed E-state index contributed by atoms with van der Waals surface area (Å²) in [5.41, 5.74) is 10.4. The third-order valence-corrected chi connectivity index (χ3v) is 3.45. The number of hydrogen-bond donors (Lipinski definition) is 1. The van der Waals surface area contributed by atoms with Crippen molar-refractivity contribution in [1.29, 1.82) is 0 Å².